The van der Waals surface area contributed by atoms with E-state index in [1.807, 2.05) is 0 Å². The molecule has 3 N–H and O–H groups in total. The number of nitrogens with one attached hydrogen (secondary N) is 1. The van der Waals surface area contributed by atoms with Gasteiger partial charge in [0.2, 0.25) is 0 Å². The molecule has 6 nitrogen and oxygen atoms in total. The molecule has 0 saturated heterocycles. The van der Waals surface area contributed by atoms with E-state index in [0.29, 0.717) is 22.5 Å². The highest BCUT2D eigenvalue weighted by molar-refractivity contribution is 7.16. The zero-order chi connectivity index (χ0) is 38.2. The van der Waals surface area contributed by atoms with Crippen molar-refractivity contribution in [3.8, 4) is 20.9 Å². The number of aryl methyl sites for hydroxylation is 2. The minimum absolute atomic E-state index is 0.0121. The number of carboxylic acids is 2. The van der Waals surface area contributed by atoms with Crippen LogP contribution in [0.3, 0.4) is 0 Å². The standard InChI is InChI=1S/C38H35F6NO5S2/c1-4-5-6-7-8-9-14-45-33(46)23-12-10-22(11-13-23)29-18-27(20(2)51-29)31-32(37(41,42)38(43,44)36(31,39)40)28-19-30(52-21(28)3)24-15-25(34(47)48)17-26(16-24)35(49)50/h10-13,15-19H,4-9,14H2,1-3H3,(H,45,46)(H,47,48)(H,49,50). The minimum atomic E-state index is -5.81. The van der Waals surface area contributed by atoms with E-state index >= 15 is 26.3 Å². The van der Waals surface area contributed by atoms with Crippen LogP contribution >= 0.6 is 22.7 Å². The molecular formula is C38H35F6NO5S2. The van der Waals surface area contributed by atoms with Crippen LogP contribution in [0.4, 0.5) is 26.3 Å². The molecule has 0 atom stereocenters. The Bertz CT molecular complexity index is 2020. The monoisotopic (exact) mass is 763 g/mol. The van der Waals surface area contributed by atoms with Gasteiger partial charge in [-0.1, -0.05) is 51.2 Å². The van der Waals surface area contributed by atoms with Crippen molar-refractivity contribution in [3.05, 3.63) is 92.2 Å². The van der Waals surface area contributed by atoms with Gasteiger partial charge in [-0.3, -0.25) is 4.79 Å². The van der Waals surface area contributed by atoms with Crippen molar-refractivity contribution in [3.63, 3.8) is 0 Å². The van der Waals surface area contributed by atoms with Gasteiger partial charge in [-0.25, -0.2) is 9.59 Å². The van der Waals surface area contributed by atoms with Crippen LogP contribution in [0.25, 0.3) is 32.0 Å². The number of amides is 1. The Balaban J connectivity index is 1.52. The van der Waals surface area contributed by atoms with Crippen molar-refractivity contribution in [2.75, 3.05) is 6.54 Å². The SMILES string of the molecule is CCCCCCCCNC(=O)c1ccc(-c2cc(C3=C(c4cc(-c5cc(C(=O)O)cc(C(=O)O)c5)sc4C)C(F)(F)C(F)(F)C3(F)F)c(C)s2)cc1. The van der Waals surface area contributed by atoms with Gasteiger partial charge in [-0.2, -0.15) is 26.3 Å². The summed E-state index contributed by atoms with van der Waals surface area (Å²) in [6, 6.07) is 11.4. The third-order valence-electron chi connectivity index (χ3n) is 9.00. The molecule has 2 aromatic heterocycles. The third kappa shape index (κ3) is 7.14. The number of allylic oxidation sites excluding steroid dienone is 2. The largest absolute Gasteiger partial charge is 0.478 e. The first kappa shape index (κ1) is 38.8. The first-order valence-electron chi connectivity index (χ1n) is 16.5. The number of carbonyl (C=O) groups excluding carboxylic acids is 1. The summed E-state index contributed by atoms with van der Waals surface area (Å²) < 4.78 is 93.3. The molecule has 1 aliphatic rings. The Labute approximate surface area is 303 Å². The number of rotatable bonds is 14. The molecule has 4 aromatic rings. The molecule has 1 amide bonds. The van der Waals surface area contributed by atoms with E-state index in [4.69, 9.17) is 0 Å². The van der Waals surface area contributed by atoms with Gasteiger partial charge in [-0.05, 0) is 85.0 Å². The molecule has 14 heteroatoms. The van der Waals surface area contributed by atoms with Gasteiger partial charge < -0.3 is 15.5 Å². The molecule has 2 aromatic carbocycles. The Morgan fingerprint density at radius 2 is 1.10 bits per heavy atom. The number of alkyl halides is 6. The number of thiophene rings is 2. The first-order chi connectivity index (χ1) is 24.4. The second-order valence-electron chi connectivity index (χ2n) is 12.6. The van der Waals surface area contributed by atoms with Crippen molar-refractivity contribution in [1.29, 1.82) is 0 Å². The summed E-state index contributed by atoms with van der Waals surface area (Å²) in [4.78, 5) is 36.3. The Kier molecular flexibility index (Phi) is 11.1. The number of aromatic carboxylic acids is 2. The lowest BCUT2D eigenvalue weighted by Gasteiger charge is -2.25. The molecule has 2 heterocycles. The van der Waals surface area contributed by atoms with Gasteiger partial charge in [0.25, 0.3) is 5.91 Å². The molecule has 0 unspecified atom stereocenters. The number of hydrogen-bond acceptors (Lipinski definition) is 5. The van der Waals surface area contributed by atoms with Crippen LogP contribution in [-0.2, 0) is 0 Å². The van der Waals surface area contributed by atoms with Gasteiger partial charge in [0.15, 0.2) is 0 Å². The zero-order valence-corrected chi connectivity index (χ0v) is 30.0. The lowest BCUT2D eigenvalue weighted by Crippen LogP contribution is -2.48. The summed E-state index contributed by atoms with van der Waals surface area (Å²) in [6.45, 7) is 5.27. The lowest BCUT2D eigenvalue weighted by molar-refractivity contribution is -0.254. The number of hydrogen-bond donors (Lipinski definition) is 3. The number of carboxylic acid groups (broad SMARTS) is 2. The van der Waals surface area contributed by atoms with Crippen LogP contribution in [0.15, 0.2) is 54.6 Å². The smallest absolute Gasteiger partial charge is 0.380 e. The maximum Gasteiger partial charge on any atom is 0.380 e. The van der Waals surface area contributed by atoms with E-state index < -0.39 is 63.1 Å². The fourth-order valence-electron chi connectivity index (χ4n) is 6.19. The molecule has 276 valence electrons. The van der Waals surface area contributed by atoms with E-state index in [0.717, 1.165) is 85.1 Å². The molecular weight excluding hydrogens is 729 g/mol. The summed E-state index contributed by atoms with van der Waals surface area (Å²) in [5, 5.41) is 21.8. The predicted molar refractivity (Wildman–Crippen MR) is 190 cm³/mol. The van der Waals surface area contributed by atoms with Crippen LogP contribution < -0.4 is 5.32 Å². The van der Waals surface area contributed by atoms with Crippen molar-refractivity contribution < 1.29 is 50.9 Å². The fourth-order valence-corrected chi connectivity index (χ4v) is 8.23. The summed E-state index contributed by atoms with van der Waals surface area (Å²) >= 11 is 1.68. The molecule has 1 aliphatic carbocycles. The first-order valence-corrected chi connectivity index (χ1v) is 18.2. The van der Waals surface area contributed by atoms with E-state index in [1.54, 1.807) is 12.1 Å². The molecule has 0 aliphatic heterocycles. The molecule has 0 radical (unpaired) electrons. The van der Waals surface area contributed by atoms with E-state index in [1.165, 1.54) is 32.4 Å². The molecule has 0 spiro atoms. The Morgan fingerprint density at radius 1 is 0.635 bits per heavy atom. The maximum absolute atomic E-state index is 15.7. The van der Waals surface area contributed by atoms with Crippen LogP contribution in [0.5, 0.6) is 0 Å². The van der Waals surface area contributed by atoms with Crippen molar-refractivity contribution in [2.45, 2.75) is 77.1 Å². The third-order valence-corrected chi connectivity index (χ3v) is 11.2. The Morgan fingerprint density at radius 3 is 1.58 bits per heavy atom. The van der Waals surface area contributed by atoms with Crippen molar-refractivity contribution in [1.82, 2.24) is 5.32 Å². The molecule has 0 fully saturated rings. The van der Waals surface area contributed by atoms with Crippen molar-refractivity contribution in [2.24, 2.45) is 0 Å². The van der Waals surface area contributed by atoms with Crippen LogP contribution in [0.1, 0.15) is 97.4 Å². The normalized spacial score (nSPS) is 15.9. The molecule has 5 rings (SSSR count). The summed E-state index contributed by atoms with van der Waals surface area (Å²) in [7, 11) is 0. The summed E-state index contributed by atoms with van der Waals surface area (Å²) in [6.07, 6.45) is 6.38. The number of halogens is 6. The molecule has 0 bridgehead atoms. The van der Waals surface area contributed by atoms with Gasteiger partial charge in [0.1, 0.15) is 0 Å². The topological polar surface area (TPSA) is 104 Å². The summed E-state index contributed by atoms with van der Waals surface area (Å²) in [5.74, 6) is -19.7. The van der Waals surface area contributed by atoms with Gasteiger partial charge in [0.05, 0.1) is 11.1 Å². The number of benzene rings is 2. The van der Waals surface area contributed by atoms with Crippen LogP contribution in [-0.4, -0.2) is 52.4 Å². The highest BCUT2D eigenvalue weighted by atomic mass is 32.1. The van der Waals surface area contributed by atoms with Gasteiger partial charge >= 0.3 is 29.7 Å². The highest BCUT2D eigenvalue weighted by Crippen LogP contribution is 2.66. The van der Waals surface area contributed by atoms with Crippen LogP contribution in [0, 0.1) is 13.8 Å². The fraction of sp³-hybridized carbons (Fsp3) is 0.342. The van der Waals surface area contributed by atoms with Crippen molar-refractivity contribution >= 4 is 51.7 Å². The lowest BCUT2D eigenvalue weighted by atomic mass is 9.94. The predicted octanol–water partition coefficient (Wildman–Crippen LogP) is 11.1. The number of carbonyl (C=O) groups is 3. The van der Waals surface area contributed by atoms with Gasteiger partial charge in [0, 0.05) is 42.8 Å². The highest BCUT2D eigenvalue weighted by Gasteiger charge is 2.80. The summed E-state index contributed by atoms with van der Waals surface area (Å²) in [5.41, 5.74) is -4.30. The minimum Gasteiger partial charge on any atom is -0.478 e. The van der Waals surface area contributed by atoms with Crippen LogP contribution in [0.2, 0.25) is 0 Å². The average Bonchev–Trinajstić information content (AvgIpc) is 3.69. The number of unbranched alkanes of at least 4 members (excludes halogenated alkanes) is 5. The van der Waals surface area contributed by atoms with E-state index in [-0.39, 0.29) is 26.1 Å². The maximum atomic E-state index is 15.7. The Hall–Kier alpha value is -4.43. The molecule has 0 saturated carbocycles. The average molecular weight is 764 g/mol. The van der Waals surface area contributed by atoms with E-state index in [9.17, 15) is 24.6 Å². The quantitative estimate of drug-likeness (QED) is 0.0876. The zero-order valence-electron chi connectivity index (χ0n) is 28.3. The molecule has 52 heavy (non-hydrogen) atoms. The second-order valence-corrected chi connectivity index (χ2v) is 15.2. The second kappa shape index (κ2) is 14.9. The van der Waals surface area contributed by atoms with E-state index in [2.05, 4.69) is 12.2 Å². The van der Waals surface area contributed by atoms with Gasteiger partial charge in [-0.15, -0.1) is 22.7 Å².